The molecule has 0 radical (unpaired) electrons. The fourth-order valence-electron chi connectivity index (χ4n) is 2.58. The van der Waals surface area contributed by atoms with Crippen molar-refractivity contribution in [3.05, 3.63) is 35.4 Å². The molecule has 1 fully saturated rings. The van der Waals surface area contributed by atoms with E-state index in [1.165, 1.54) is 11.1 Å². The van der Waals surface area contributed by atoms with Crippen LogP contribution in [0.25, 0.3) is 0 Å². The highest BCUT2D eigenvalue weighted by atomic mass is 35.5. The molecule has 1 aliphatic heterocycles. The number of hydrogen-bond acceptors (Lipinski definition) is 2. The van der Waals surface area contributed by atoms with Gasteiger partial charge in [0.25, 0.3) is 0 Å². The lowest BCUT2D eigenvalue weighted by molar-refractivity contribution is -0.122. The summed E-state index contributed by atoms with van der Waals surface area (Å²) in [5.41, 5.74) is 2.50. The Hall–Kier alpha value is -1.06. The predicted octanol–water partition coefficient (Wildman–Crippen LogP) is 2.61. The van der Waals surface area contributed by atoms with Crippen LogP contribution in [0.4, 0.5) is 0 Å². The summed E-state index contributed by atoms with van der Waals surface area (Å²) in [6.07, 6.45) is 3.49. The molecular formula is C16H25ClN2O. The smallest absolute Gasteiger partial charge is 0.220 e. The zero-order chi connectivity index (χ0) is 13.7. The van der Waals surface area contributed by atoms with Crippen molar-refractivity contribution in [2.75, 3.05) is 6.54 Å². The molecule has 4 heteroatoms. The van der Waals surface area contributed by atoms with Gasteiger partial charge in [-0.15, -0.1) is 12.4 Å². The maximum Gasteiger partial charge on any atom is 0.220 e. The van der Waals surface area contributed by atoms with Crippen LogP contribution in [0.15, 0.2) is 24.3 Å². The fourth-order valence-corrected chi connectivity index (χ4v) is 2.58. The lowest BCUT2D eigenvalue weighted by Gasteiger charge is -2.28. The summed E-state index contributed by atoms with van der Waals surface area (Å²) < 4.78 is 0. The molecule has 1 aliphatic rings. The van der Waals surface area contributed by atoms with Crippen LogP contribution in [0.2, 0.25) is 0 Å². The van der Waals surface area contributed by atoms with Crippen molar-refractivity contribution >= 4 is 18.3 Å². The Balaban J connectivity index is 0.00000200. The number of amides is 1. The molecule has 2 N–H and O–H groups in total. The monoisotopic (exact) mass is 296 g/mol. The minimum absolute atomic E-state index is 0. The van der Waals surface area contributed by atoms with Gasteiger partial charge in [-0.3, -0.25) is 4.79 Å². The number of aryl methyl sites for hydroxylation is 2. The molecule has 0 bridgehead atoms. The summed E-state index contributed by atoms with van der Waals surface area (Å²) in [6, 6.07) is 9.27. The molecule has 2 atom stereocenters. The Morgan fingerprint density at radius 1 is 1.35 bits per heavy atom. The third kappa shape index (κ3) is 5.51. The second-order valence-corrected chi connectivity index (χ2v) is 5.63. The van der Waals surface area contributed by atoms with Gasteiger partial charge < -0.3 is 10.6 Å². The molecule has 112 valence electrons. The number of rotatable bonds is 4. The SMILES string of the molecule is Cc1ccc(CCC(=O)NC2CCNC(C)C2)cc1.Cl. The largest absolute Gasteiger partial charge is 0.353 e. The van der Waals surface area contributed by atoms with Crippen LogP contribution in [0.5, 0.6) is 0 Å². The normalized spacial score (nSPS) is 21.9. The van der Waals surface area contributed by atoms with E-state index in [0.29, 0.717) is 18.5 Å². The van der Waals surface area contributed by atoms with E-state index in [-0.39, 0.29) is 18.3 Å². The number of piperidine rings is 1. The molecule has 0 saturated carbocycles. The predicted molar refractivity (Wildman–Crippen MR) is 85.4 cm³/mol. The molecular weight excluding hydrogens is 272 g/mol. The van der Waals surface area contributed by atoms with Crippen molar-refractivity contribution < 1.29 is 4.79 Å². The standard InChI is InChI=1S/C16H24N2O.ClH/c1-12-3-5-14(6-4-12)7-8-16(19)18-15-9-10-17-13(2)11-15;/h3-6,13,15,17H,7-11H2,1-2H3,(H,18,19);1H. The number of hydrogen-bond donors (Lipinski definition) is 2. The van der Waals surface area contributed by atoms with Gasteiger partial charge in [-0.05, 0) is 45.2 Å². The average molecular weight is 297 g/mol. The van der Waals surface area contributed by atoms with Gasteiger partial charge in [0, 0.05) is 18.5 Å². The molecule has 0 spiro atoms. The molecule has 1 amide bonds. The second-order valence-electron chi connectivity index (χ2n) is 5.63. The molecule has 2 unspecified atom stereocenters. The van der Waals surface area contributed by atoms with E-state index in [1.807, 2.05) is 0 Å². The zero-order valence-corrected chi connectivity index (χ0v) is 13.1. The maximum absolute atomic E-state index is 11.9. The Kier molecular flexibility index (Phi) is 7.03. The molecule has 20 heavy (non-hydrogen) atoms. The Morgan fingerprint density at radius 3 is 2.70 bits per heavy atom. The van der Waals surface area contributed by atoms with Crippen molar-refractivity contribution in [3.63, 3.8) is 0 Å². The van der Waals surface area contributed by atoms with Gasteiger partial charge in [-0.1, -0.05) is 29.8 Å². The summed E-state index contributed by atoms with van der Waals surface area (Å²) >= 11 is 0. The Bertz CT molecular complexity index is 419. The van der Waals surface area contributed by atoms with E-state index in [2.05, 4.69) is 48.7 Å². The van der Waals surface area contributed by atoms with Gasteiger partial charge in [0.15, 0.2) is 0 Å². The first kappa shape index (κ1) is 17.0. The highest BCUT2D eigenvalue weighted by Gasteiger charge is 2.19. The van der Waals surface area contributed by atoms with Crippen LogP contribution in [0.1, 0.15) is 37.3 Å². The third-order valence-corrected chi connectivity index (χ3v) is 3.75. The number of carbonyl (C=O) groups is 1. The molecule has 1 aromatic carbocycles. The Morgan fingerprint density at radius 2 is 2.05 bits per heavy atom. The van der Waals surface area contributed by atoms with Crippen LogP contribution in [-0.4, -0.2) is 24.5 Å². The van der Waals surface area contributed by atoms with Gasteiger partial charge in [0.2, 0.25) is 5.91 Å². The Labute approximate surface area is 127 Å². The van der Waals surface area contributed by atoms with Crippen molar-refractivity contribution in [2.24, 2.45) is 0 Å². The van der Waals surface area contributed by atoms with Gasteiger partial charge in [-0.2, -0.15) is 0 Å². The van der Waals surface area contributed by atoms with E-state index in [1.54, 1.807) is 0 Å². The number of nitrogens with one attached hydrogen (secondary N) is 2. The number of carbonyl (C=O) groups excluding carboxylic acids is 1. The van der Waals surface area contributed by atoms with E-state index in [9.17, 15) is 4.79 Å². The van der Waals surface area contributed by atoms with Gasteiger partial charge in [0.1, 0.15) is 0 Å². The quantitative estimate of drug-likeness (QED) is 0.897. The maximum atomic E-state index is 11.9. The van der Waals surface area contributed by atoms with Gasteiger partial charge in [0.05, 0.1) is 0 Å². The average Bonchev–Trinajstić information content (AvgIpc) is 2.38. The highest BCUT2D eigenvalue weighted by molar-refractivity contribution is 5.85. The van der Waals surface area contributed by atoms with Crippen LogP contribution < -0.4 is 10.6 Å². The third-order valence-electron chi connectivity index (χ3n) is 3.75. The van der Waals surface area contributed by atoms with E-state index >= 15 is 0 Å². The van der Waals surface area contributed by atoms with Crippen LogP contribution in [0.3, 0.4) is 0 Å². The summed E-state index contributed by atoms with van der Waals surface area (Å²) in [5, 5.41) is 6.55. The topological polar surface area (TPSA) is 41.1 Å². The van der Waals surface area contributed by atoms with Crippen LogP contribution in [-0.2, 0) is 11.2 Å². The fraction of sp³-hybridized carbons (Fsp3) is 0.562. The van der Waals surface area contributed by atoms with Crippen molar-refractivity contribution in [2.45, 2.75) is 51.6 Å². The van der Waals surface area contributed by atoms with Crippen molar-refractivity contribution in [1.29, 1.82) is 0 Å². The van der Waals surface area contributed by atoms with E-state index < -0.39 is 0 Å². The van der Waals surface area contributed by atoms with Gasteiger partial charge in [-0.25, -0.2) is 0 Å². The minimum atomic E-state index is 0. The summed E-state index contributed by atoms with van der Waals surface area (Å²) in [4.78, 5) is 11.9. The molecule has 1 saturated heterocycles. The second kappa shape index (κ2) is 8.28. The summed E-state index contributed by atoms with van der Waals surface area (Å²) in [5.74, 6) is 0.180. The summed E-state index contributed by atoms with van der Waals surface area (Å²) in [7, 11) is 0. The first-order chi connectivity index (χ1) is 9.13. The molecule has 1 heterocycles. The van der Waals surface area contributed by atoms with Crippen molar-refractivity contribution in [1.82, 2.24) is 10.6 Å². The lowest BCUT2D eigenvalue weighted by Crippen LogP contribution is -2.46. The molecule has 0 aliphatic carbocycles. The molecule has 0 aromatic heterocycles. The van der Waals surface area contributed by atoms with E-state index in [4.69, 9.17) is 0 Å². The van der Waals surface area contributed by atoms with E-state index in [0.717, 1.165) is 25.8 Å². The van der Waals surface area contributed by atoms with Crippen LogP contribution >= 0.6 is 12.4 Å². The number of halogens is 1. The van der Waals surface area contributed by atoms with Gasteiger partial charge >= 0.3 is 0 Å². The first-order valence-electron chi connectivity index (χ1n) is 7.22. The number of benzene rings is 1. The molecule has 1 aromatic rings. The lowest BCUT2D eigenvalue weighted by atomic mass is 10.00. The zero-order valence-electron chi connectivity index (χ0n) is 12.3. The molecule has 3 nitrogen and oxygen atoms in total. The highest BCUT2D eigenvalue weighted by Crippen LogP contribution is 2.09. The minimum Gasteiger partial charge on any atom is -0.353 e. The molecule has 2 rings (SSSR count). The summed E-state index contributed by atoms with van der Waals surface area (Å²) in [6.45, 7) is 5.25. The van der Waals surface area contributed by atoms with Crippen LogP contribution in [0, 0.1) is 6.92 Å². The first-order valence-corrected chi connectivity index (χ1v) is 7.22. The van der Waals surface area contributed by atoms with Crippen molar-refractivity contribution in [3.8, 4) is 0 Å².